The monoisotopic (exact) mass is 291 g/mol. The van der Waals surface area contributed by atoms with E-state index in [0.29, 0.717) is 6.54 Å². The molecule has 2 amide bonds. The third-order valence-electron chi connectivity index (χ3n) is 3.64. The molecule has 0 atom stereocenters. The number of carbonyl (C=O) groups is 1. The van der Waals surface area contributed by atoms with E-state index >= 15 is 0 Å². The van der Waals surface area contributed by atoms with E-state index in [2.05, 4.69) is 11.1 Å². The van der Waals surface area contributed by atoms with Crippen LogP contribution in [0.2, 0.25) is 0 Å². The Bertz CT molecular complexity index is 824. The molecule has 2 aromatic carbocycles. The zero-order chi connectivity index (χ0) is 15.5. The van der Waals surface area contributed by atoms with E-state index in [-0.39, 0.29) is 0 Å². The SMILES string of the molecule is Cc1cccc(CN(C(N)=O)c2cccc3cnccc23)c1. The molecule has 0 saturated carbocycles. The predicted octanol–water partition coefficient (Wildman–Crippen LogP) is 3.63. The zero-order valence-electron chi connectivity index (χ0n) is 12.4. The first kappa shape index (κ1) is 14.1. The van der Waals surface area contributed by atoms with Crippen LogP contribution in [0.3, 0.4) is 0 Å². The van der Waals surface area contributed by atoms with Gasteiger partial charge in [-0.25, -0.2) is 4.79 Å². The molecule has 4 nitrogen and oxygen atoms in total. The predicted molar refractivity (Wildman–Crippen MR) is 88.7 cm³/mol. The van der Waals surface area contributed by atoms with Gasteiger partial charge in [0.05, 0.1) is 12.2 Å². The van der Waals surface area contributed by atoms with E-state index in [1.54, 1.807) is 17.3 Å². The lowest BCUT2D eigenvalue weighted by molar-refractivity contribution is 0.253. The van der Waals surface area contributed by atoms with Crippen molar-refractivity contribution in [3.63, 3.8) is 0 Å². The van der Waals surface area contributed by atoms with E-state index in [0.717, 1.165) is 27.6 Å². The topological polar surface area (TPSA) is 59.2 Å². The van der Waals surface area contributed by atoms with Gasteiger partial charge in [-0.1, -0.05) is 42.0 Å². The molecule has 0 radical (unpaired) electrons. The minimum absolute atomic E-state index is 0.443. The van der Waals surface area contributed by atoms with Gasteiger partial charge >= 0.3 is 6.03 Å². The van der Waals surface area contributed by atoms with Gasteiger partial charge in [0.15, 0.2) is 0 Å². The Morgan fingerprint density at radius 1 is 1.18 bits per heavy atom. The highest BCUT2D eigenvalue weighted by Gasteiger charge is 2.15. The molecule has 110 valence electrons. The van der Waals surface area contributed by atoms with Crippen LogP contribution in [0.15, 0.2) is 60.9 Å². The van der Waals surface area contributed by atoms with Gasteiger partial charge in [0, 0.05) is 23.2 Å². The van der Waals surface area contributed by atoms with Crippen molar-refractivity contribution in [3.05, 3.63) is 72.1 Å². The van der Waals surface area contributed by atoms with Crippen LogP contribution in [0.4, 0.5) is 10.5 Å². The summed E-state index contributed by atoms with van der Waals surface area (Å²) in [6.45, 7) is 2.47. The number of rotatable bonds is 3. The number of fused-ring (bicyclic) bond motifs is 1. The molecule has 3 rings (SSSR count). The summed E-state index contributed by atoms with van der Waals surface area (Å²) >= 11 is 0. The van der Waals surface area contributed by atoms with Gasteiger partial charge in [0.1, 0.15) is 0 Å². The van der Waals surface area contributed by atoms with Crippen LogP contribution in [-0.4, -0.2) is 11.0 Å². The lowest BCUT2D eigenvalue weighted by Gasteiger charge is -2.22. The number of nitrogens with two attached hydrogens (primary N) is 1. The quantitative estimate of drug-likeness (QED) is 0.801. The third-order valence-corrected chi connectivity index (χ3v) is 3.64. The fourth-order valence-electron chi connectivity index (χ4n) is 2.62. The number of urea groups is 1. The fraction of sp³-hybridized carbons (Fsp3) is 0.111. The molecule has 4 heteroatoms. The molecular weight excluding hydrogens is 274 g/mol. The lowest BCUT2D eigenvalue weighted by atomic mass is 10.1. The molecule has 3 aromatic rings. The van der Waals surface area contributed by atoms with Crippen molar-refractivity contribution in [2.75, 3.05) is 4.90 Å². The van der Waals surface area contributed by atoms with Crippen molar-refractivity contribution < 1.29 is 4.79 Å². The fourth-order valence-corrected chi connectivity index (χ4v) is 2.62. The summed E-state index contributed by atoms with van der Waals surface area (Å²) in [7, 11) is 0. The number of aryl methyl sites for hydroxylation is 1. The van der Waals surface area contributed by atoms with E-state index < -0.39 is 6.03 Å². The molecule has 0 spiro atoms. The van der Waals surface area contributed by atoms with Crippen molar-refractivity contribution in [1.29, 1.82) is 0 Å². The van der Waals surface area contributed by atoms with Gasteiger partial charge < -0.3 is 5.73 Å². The van der Waals surface area contributed by atoms with Crippen molar-refractivity contribution >= 4 is 22.5 Å². The molecule has 0 aliphatic heterocycles. The first-order valence-corrected chi connectivity index (χ1v) is 7.10. The molecule has 0 aliphatic rings. The lowest BCUT2D eigenvalue weighted by Crippen LogP contribution is -2.35. The molecule has 0 fully saturated rings. The highest BCUT2D eigenvalue weighted by molar-refractivity contribution is 6.02. The number of hydrogen-bond acceptors (Lipinski definition) is 2. The summed E-state index contributed by atoms with van der Waals surface area (Å²) in [6.07, 6.45) is 3.50. The van der Waals surface area contributed by atoms with Gasteiger partial charge in [0.25, 0.3) is 0 Å². The highest BCUT2D eigenvalue weighted by Crippen LogP contribution is 2.27. The highest BCUT2D eigenvalue weighted by atomic mass is 16.2. The minimum atomic E-state index is -0.467. The van der Waals surface area contributed by atoms with E-state index in [4.69, 9.17) is 5.73 Å². The Morgan fingerprint density at radius 3 is 2.77 bits per heavy atom. The Morgan fingerprint density at radius 2 is 2.00 bits per heavy atom. The summed E-state index contributed by atoms with van der Waals surface area (Å²) in [4.78, 5) is 17.7. The Labute approximate surface area is 129 Å². The molecular formula is C18H17N3O. The van der Waals surface area contributed by atoms with Crippen LogP contribution in [0.5, 0.6) is 0 Å². The Kier molecular flexibility index (Phi) is 3.74. The number of primary amides is 1. The largest absolute Gasteiger partial charge is 0.351 e. The summed E-state index contributed by atoms with van der Waals surface area (Å²) in [5.41, 5.74) is 8.62. The first-order valence-electron chi connectivity index (χ1n) is 7.10. The number of carbonyl (C=O) groups excluding carboxylic acids is 1. The number of pyridine rings is 1. The number of benzene rings is 2. The van der Waals surface area contributed by atoms with Gasteiger partial charge in [-0.3, -0.25) is 9.88 Å². The smallest absolute Gasteiger partial charge is 0.319 e. The van der Waals surface area contributed by atoms with Gasteiger partial charge in [-0.15, -0.1) is 0 Å². The van der Waals surface area contributed by atoms with Crippen molar-refractivity contribution in [2.24, 2.45) is 5.73 Å². The maximum atomic E-state index is 12.0. The number of anilines is 1. The molecule has 0 saturated heterocycles. The first-order chi connectivity index (χ1) is 10.6. The molecule has 0 unspecified atom stereocenters. The molecule has 0 aliphatic carbocycles. The summed E-state index contributed by atoms with van der Waals surface area (Å²) < 4.78 is 0. The van der Waals surface area contributed by atoms with Crippen molar-refractivity contribution in [1.82, 2.24) is 4.98 Å². The second-order valence-electron chi connectivity index (χ2n) is 5.29. The molecule has 22 heavy (non-hydrogen) atoms. The molecule has 2 N–H and O–H groups in total. The average molecular weight is 291 g/mol. The van der Waals surface area contributed by atoms with Crippen LogP contribution in [0, 0.1) is 6.92 Å². The molecule has 1 aromatic heterocycles. The minimum Gasteiger partial charge on any atom is -0.351 e. The van der Waals surface area contributed by atoms with Crippen molar-refractivity contribution in [3.8, 4) is 0 Å². The maximum absolute atomic E-state index is 12.0. The molecule has 0 bridgehead atoms. The second-order valence-corrected chi connectivity index (χ2v) is 5.29. The Balaban J connectivity index is 2.05. The van der Waals surface area contributed by atoms with Crippen LogP contribution in [0.1, 0.15) is 11.1 Å². The van der Waals surface area contributed by atoms with E-state index in [1.807, 2.05) is 49.4 Å². The summed E-state index contributed by atoms with van der Waals surface area (Å²) in [5, 5.41) is 1.94. The van der Waals surface area contributed by atoms with Gasteiger partial charge in [0.2, 0.25) is 0 Å². The van der Waals surface area contributed by atoms with Crippen LogP contribution < -0.4 is 10.6 Å². The summed E-state index contributed by atoms with van der Waals surface area (Å²) in [5.74, 6) is 0. The zero-order valence-corrected chi connectivity index (χ0v) is 12.4. The van der Waals surface area contributed by atoms with E-state index in [1.165, 1.54) is 0 Å². The normalized spacial score (nSPS) is 10.6. The summed E-state index contributed by atoms with van der Waals surface area (Å²) in [6, 6.07) is 15.3. The number of nitrogens with zero attached hydrogens (tertiary/aromatic N) is 2. The third kappa shape index (κ3) is 2.76. The maximum Gasteiger partial charge on any atom is 0.319 e. The van der Waals surface area contributed by atoms with E-state index in [9.17, 15) is 4.79 Å². The number of aromatic nitrogens is 1. The van der Waals surface area contributed by atoms with Gasteiger partial charge in [-0.2, -0.15) is 0 Å². The Hall–Kier alpha value is -2.88. The number of amides is 2. The average Bonchev–Trinajstić information content (AvgIpc) is 2.52. The van der Waals surface area contributed by atoms with Crippen LogP contribution >= 0.6 is 0 Å². The van der Waals surface area contributed by atoms with Crippen LogP contribution in [0.25, 0.3) is 10.8 Å². The number of hydrogen-bond donors (Lipinski definition) is 1. The van der Waals surface area contributed by atoms with Crippen LogP contribution in [-0.2, 0) is 6.54 Å². The van der Waals surface area contributed by atoms with Gasteiger partial charge in [-0.05, 0) is 24.6 Å². The molecule has 1 heterocycles. The second kappa shape index (κ2) is 5.85. The standard InChI is InChI=1S/C18H17N3O/c1-13-4-2-5-14(10-13)12-21(18(19)22)17-7-3-6-15-11-20-9-8-16(15)17/h2-11H,12H2,1H3,(H2,19,22). The van der Waals surface area contributed by atoms with Crippen molar-refractivity contribution in [2.45, 2.75) is 13.5 Å².